The van der Waals surface area contributed by atoms with Crippen molar-refractivity contribution in [1.82, 2.24) is 4.72 Å². The van der Waals surface area contributed by atoms with Gasteiger partial charge in [-0.1, -0.05) is 12.1 Å². The lowest BCUT2D eigenvalue weighted by Gasteiger charge is -2.20. The molecule has 3 rings (SSSR count). The van der Waals surface area contributed by atoms with E-state index in [1.54, 1.807) is 0 Å². The molecule has 114 valence electrons. The van der Waals surface area contributed by atoms with Gasteiger partial charge in [-0.15, -0.1) is 0 Å². The van der Waals surface area contributed by atoms with E-state index in [4.69, 9.17) is 0 Å². The molecule has 0 aliphatic heterocycles. The molecular formula is C15H18FNO3S. The standard InChI is InChI=1S/C15H18FNO3S/c16-14-5-1-10(2-6-14)9-21(19,20)17-15(18)12-4-3-11-7-13(11)8-12/h1-2,5-6,11-13H,3-4,7-9H2,(H,17,18). The van der Waals surface area contributed by atoms with Crippen LogP contribution in [0.2, 0.25) is 0 Å². The number of hydrogen-bond donors (Lipinski definition) is 1. The number of benzene rings is 1. The van der Waals surface area contributed by atoms with Gasteiger partial charge in [0.1, 0.15) is 5.82 Å². The van der Waals surface area contributed by atoms with Crippen LogP contribution in [0.1, 0.15) is 31.2 Å². The van der Waals surface area contributed by atoms with E-state index in [1.807, 2.05) is 0 Å². The van der Waals surface area contributed by atoms with E-state index in [2.05, 4.69) is 4.72 Å². The topological polar surface area (TPSA) is 63.2 Å². The number of nitrogens with one attached hydrogen (secondary N) is 1. The highest BCUT2D eigenvalue weighted by atomic mass is 32.2. The highest BCUT2D eigenvalue weighted by Gasteiger charge is 2.44. The van der Waals surface area contributed by atoms with E-state index >= 15 is 0 Å². The largest absolute Gasteiger partial charge is 0.274 e. The molecule has 1 aromatic carbocycles. The number of amides is 1. The molecule has 4 nitrogen and oxygen atoms in total. The van der Waals surface area contributed by atoms with Crippen molar-refractivity contribution in [3.05, 3.63) is 35.6 Å². The van der Waals surface area contributed by atoms with Crippen molar-refractivity contribution in [2.45, 2.75) is 31.4 Å². The van der Waals surface area contributed by atoms with Crippen molar-refractivity contribution in [3.8, 4) is 0 Å². The monoisotopic (exact) mass is 311 g/mol. The van der Waals surface area contributed by atoms with E-state index in [1.165, 1.54) is 30.7 Å². The smallest absolute Gasteiger partial charge is 0.239 e. The Morgan fingerprint density at radius 1 is 1.14 bits per heavy atom. The molecule has 1 N–H and O–H groups in total. The van der Waals surface area contributed by atoms with Crippen LogP contribution in [0.4, 0.5) is 4.39 Å². The summed E-state index contributed by atoms with van der Waals surface area (Å²) in [6.45, 7) is 0. The zero-order valence-corrected chi connectivity index (χ0v) is 12.4. The summed E-state index contributed by atoms with van der Waals surface area (Å²) >= 11 is 0. The zero-order chi connectivity index (χ0) is 15.0. The third kappa shape index (κ3) is 3.61. The van der Waals surface area contributed by atoms with Gasteiger partial charge < -0.3 is 0 Å². The molecule has 2 aliphatic rings. The Morgan fingerprint density at radius 3 is 2.52 bits per heavy atom. The molecule has 0 saturated heterocycles. The van der Waals surface area contributed by atoms with Crippen LogP contribution in [0.15, 0.2) is 24.3 Å². The summed E-state index contributed by atoms with van der Waals surface area (Å²) in [6, 6.07) is 5.24. The number of rotatable bonds is 4. The third-order valence-electron chi connectivity index (χ3n) is 4.44. The molecule has 0 bridgehead atoms. The van der Waals surface area contributed by atoms with Gasteiger partial charge in [-0.05, 0) is 55.2 Å². The second-order valence-electron chi connectivity index (χ2n) is 6.12. The predicted molar refractivity (Wildman–Crippen MR) is 76.1 cm³/mol. The Morgan fingerprint density at radius 2 is 1.86 bits per heavy atom. The molecule has 2 aliphatic carbocycles. The predicted octanol–water partition coefficient (Wildman–Crippen LogP) is 2.21. The molecule has 21 heavy (non-hydrogen) atoms. The van der Waals surface area contributed by atoms with Gasteiger partial charge in [0.2, 0.25) is 15.9 Å². The van der Waals surface area contributed by atoms with Crippen LogP contribution in [0, 0.1) is 23.6 Å². The summed E-state index contributed by atoms with van der Waals surface area (Å²) in [6.07, 6.45) is 3.80. The van der Waals surface area contributed by atoms with Crippen LogP contribution in [-0.2, 0) is 20.6 Å². The van der Waals surface area contributed by atoms with Crippen LogP contribution in [-0.4, -0.2) is 14.3 Å². The van der Waals surface area contributed by atoms with Crippen LogP contribution in [0.3, 0.4) is 0 Å². The third-order valence-corrected chi connectivity index (χ3v) is 5.66. The SMILES string of the molecule is O=C(NS(=O)(=O)Cc1ccc(F)cc1)C1CCC2CC2C1. The maximum atomic E-state index is 12.8. The molecule has 0 aromatic heterocycles. The molecular weight excluding hydrogens is 293 g/mol. The van der Waals surface area contributed by atoms with Gasteiger partial charge in [0.25, 0.3) is 0 Å². The molecule has 2 fully saturated rings. The summed E-state index contributed by atoms with van der Waals surface area (Å²) in [4.78, 5) is 12.1. The molecule has 1 aromatic rings. The molecule has 0 radical (unpaired) electrons. The van der Waals surface area contributed by atoms with E-state index < -0.39 is 15.8 Å². The zero-order valence-electron chi connectivity index (χ0n) is 11.6. The van der Waals surface area contributed by atoms with Gasteiger partial charge >= 0.3 is 0 Å². The summed E-state index contributed by atoms with van der Waals surface area (Å²) in [5.41, 5.74) is 0.461. The Kier molecular flexibility index (Phi) is 3.73. The molecule has 1 amide bonds. The number of hydrogen-bond acceptors (Lipinski definition) is 3. The first-order chi connectivity index (χ1) is 9.93. The lowest BCUT2D eigenvalue weighted by Crippen LogP contribution is -2.37. The lowest BCUT2D eigenvalue weighted by molar-refractivity contribution is -0.124. The van der Waals surface area contributed by atoms with Gasteiger partial charge in [0.15, 0.2) is 0 Å². The van der Waals surface area contributed by atoms with E-state index in [-0.39, 0.29) is 17.6 Å². The molecule has 6 heteroatoms. The summed E-state index contributed by atoms with van der Waals surface area (Å²) in [5.74, 6) is 0.0948. The number of fused-ring (bicyclic) bond motifs is 1. The van der Waals surface area contributed by atoms with E-state index in [9.17, 15) is 17.6 Å². The molecule has 3 atom stereocenters. The summed E-state index contributed by atoms with van der Waals surface area (Å²) in [7, 11) is -3.72. The van der Waals surface area contributed by atoms with E-state index in [0.717, 1.165) is 25.2 Å². The van der Waals surface area contributed by atoms with Crippen molar-refractivity contribution in [2.24, 2.45) is 17.8 Å². The highest BCUT2D eigenvalue weighted by molar-refractivity contribution is 7.89. The van der Waals surface area contributed by atoms with Crippen molar-refractivity contribution in [3.63, 3.8) is 0 Å². The first kappa shape index (κ1) is 14.5. The summed E-state index contributed by atoms with van der Waals surface area (Å²) in [5, 5.41) is 0. The Hall–Kier alpha value is -1.43. The molecule has 0 spiro atoms. The molecule has 2 saturated carbocycles. The van der Waals surface area contributed by atoms with Crippen molar-refractivity contribution in [1.29, 1.82) is 0 Å². The number of sulfonamides is 1. The normalized spacial score (nSPS) is 27.8. The van der Waals surface area contributed by atoms with Crippen LogP contribution in [0.25, 0.3) is 0 Å². The Bertz CT molecular complexity index is 641. The average Bonchev–Trinajstić information content (AvgIpc) is 3.18. The van der Waals surface area contributed by atoms with Crippen LogP contribution < -0.4 is 4.72 Å². The summed E-state index contributed by atoms with van der Waals surface area (Å²) < 4.78 is 39.0. The lowest BCUT2D eigenvalue weighted by atomic mass is 9.89. The first-order valence-corrected chi connectivity index (χ1v) is 8.87. The average molecular weight is 311 g/mol. The number of carbonyl (C=O) groups is 1. The van der Waals surface area contributed by atoms with Gasteiger partial charge in [-0.25, -0.2) is 12.8 Å². The highest BCUT2D eigenvalue weighted by Crippen LogP contribution is 2.51. The minimum Gasteiger partial charge on any atom is -0.274 e. The van der Waals surface area contributed by atoms with Crippen LogP contribution in [0.5, 0.6) is 0 Å². The minimum atomic E-state index is -3.72. The van der Waals surface area contributed by atoms with Crippen molar-refractivity contribution < 1.29 is 17.6 Å². The second-order valence-corrected chi connectivity index (χ2v) is 7.84. The van der Waals surface area contributed by atoms with Gasteiger partial charge in [0.05, 0.1) is 5.75 Å². The van der Waals surface area contributed by atoms with Crippen molar-refractivity contribution in [2.75, 3.05) is 0 Å². The number of carbonyl (C=O) groups excluding carboxylic acids is 1. The van der Waals surface area contributed by atoms with Crippen LogP contribution >= 0.6 is 0 Å². The molecule has 0 heterocycles. The fraction of sp³-hybridized carbons (Fsp3) is 0.533. The fourth-order valence-electron chi connectivity index (χ4n) is 3.16. The van der Waals surface area contributed by atoms with Gasteiger partial charge in [-0.2, -0.15) is 0 Å². The fourth-order valence-corrected chi connectivity index (χ4v) is 4.34. The Balaban J connectivity index is 1.59. The second kappa shape index (κ2) is 5.40. The quantitative estimate of drug-likeness (QED) is 0.927. The first-order valence-electron chi connectivity index (χ1n) is 7.22. The van der Waals surface area contributed by atoms with Gasteiger partial charge in [-0.3, -0.25) is 9.52 Å². The Labute approximate surface area is 123 Å². The minimum absolute atomic E-state index is 0.184. The van der Waals surface area contributed by atoms with Gasteiger partial charge in [0, 0.05) is 5.92 Å². The van der Waals surface area contributed by atoms with Crippen molar-refractivity contribution >= 4 is 15.9 Å². The van der Waals surface area contributed by atoms with E-state index in [0.29, 0.717) is 11.5 Å². The number of halogens is 1. The molecule has 3 unspecified atom stereocenters. The maximum absolute atomic E-state index is 12.8. The maximum Gasteiger partial charge on any atom is 0.239 e.